The number of methoxy groups -OCH3 is 1. The average molecular weight is 430 g/mol. The topological polar surface area (TPSA) is 68.2 Å². The largest absolute Gasteiger partial charge is 0.496 e. The van der Waals surface area contributed by atoms with Crippen LogP contribution in [-0.4, -0.2) is 35.9 Å². The lowest BCUT2D eigenvalue weighted by Gasteiger charge is -2.22. The minimum absolute atomic E-state index is 0. The van der Waals surface area contributed by atoms with E-state index in [9.17, 15) is 4.79 Å². The number of hydrogen-bond donors (Lipinski definition) is 2. The number of nitrogens with zero attached hydrogens (tertiary/aromatic N) is 2. The van der Waals surface area contributed by atoms with Gasteiger partial charge in [0.1, 0.15) is 11.4 Å². The van der Waals surface area contributed by atoms with Crippen molar-refractivity contribution in [1.29, 1.82) is 0 Å². The number of carbonyl (C=O) groups is 1. The van der Waals surface area contributed by atoms with Crippen LogP contribution in [0.1, 0.15) is 34.9 Å². The lowest BCUT2D eigenvalue weighted by atomic mass is 10.1. The van der Waals surface area contributed by atoms with Gasteiger partial charge in [-0.25, -0.2) is 0 Å². The molecule has 2 N–H and O–H groups in total. The zero-order valence-electron chi connectivity index (χ0n) is 14.0. The minimum atomic E-state index is -0.181. The van der Waals surface area contributed by atoms with Gasteiger partial charge in [0, 0.05) is 29.3 Å². The summed E-state index contributed by atoms with van der Waals surface area (Å²) in [5.74, 6) is 0.567. The highest BCUT2D eigenvalue weighted by Gasteiger charge is 2.17. The van der Waals surface area contributed by atoms with Crippen LogP contribution in [0.15, 0.2) is 34.9 Å². The number of ether oxygens (including phenoxy) is 1. The van der Waals surface area contributed by atoms with Crippen LogP contribution in [0.3, 0.4) is 0 Å². The molecule has 8 heteroatoms. The molecule has 136 valence electrons. The summed E-state index contributed by atoms with van der Waals surface area (Å²) < 4.78 is 8.16. The van der Waals surface area contributed by atoms with Crippen molar-refractivity contribution in [2.75, 3.05) is 20.2 Å². The summed E-state index contributed by atoms with van der Waals surface area (Å²) in [5.41, 5.74) is 1.35. The van der Waals surface area contributed by atoms with Crippen molar-refractivity contribution >= 4 is 34.2 Å². The first-order valence-corrected chi connectivity index (χ1v) is 8.83. The van der Waals surface area contributed by atoms with E-state index in [0.717, 1.165) is 41.7 Å². The van der Waals surface area contributed by atoms with Gasteiger partial charge in [-0.1, -0.05) is 15.9 Å². The molecular weight excluding hydrogens is 408 g/mol. The van der Waals surface area contributed by atoms with Crippen LogP contribution < -0.4 is 15.4 Å². The van der Waals surface area contributed by atoms with Gasteiger partial charge < -0.3 is 15.4 Å². The Kier molecular flexibility index (Phi) is 7.28. The monoisotopic (exact) mass is 428 g/mol. The van der Waals surface area contributed by atoms with Crippen molar-refractivity contribution in [3.8, 4) is 5.75 Å². The minimum Gasteiger partial charge on any atom is -0.496 e. The van der Waals surface area contributed by atoms with Gasteiger partial charge >= 0.3 is 0 Å². The predicted molar refractivity (Wildman–Crippen MR) is 102 cm³/mol. The van der Waals surface area contributed by atoms with E-state index in [1.165, 1.54) is 0 Å². The molecule has 1 aliphatic rings. The van der Waals surface area contributed by atoms with E-state index in [-0.39, 0.29) is 18.3 Å². The molecular formula is C17H22BrClN4O2. The van der Waals surface area contributed by atoms with Gasteiger partial charge in [0.2, 0.25) is 0 Å². The highest BCUT2D eigenvalue weighted by atomic mass is 79.9. The highest BCUT2D eigenvalue weighted by Crippen LogP contribution is 2.23. The van der Waals surface area contributed by atoms with Crippen LogP contribution >= 0.6 is 28.3 Å². The van der Waals surface area contributed by atoms with Crippen molar-refractivity contribution in [3.63, 3.8) is 0 Å². The third kappa shape index (κ3) is 4.96. The van der Waals surface area contributed by atoms with Crippen LogP contribution in [0, 0.1) is 0 Å². The Balaban J connectivity index is 0.00000225. The zero-order chi connectivity index (χ0) is 16.9. The van der Waals surface area contributed by atoms with E-state index >= 15 is 0 Å². The van der Waals surface area contributed by atoms with Gasteiger partial charge in [0.05, 0.1) is 13.2 Å². The number of benzene rings is 1. The lowest BCUT2D eigenvalue weighted by molar-refractivity contribution is 0.0944. The molecule has 3 rings (SSSR count). The third-order valence-corrected chi connectivity index (χ3v) is 4.66. The molecule has 2 aromatic rings. The maximum absolute atomic E-state index is 12.3. The second-order valence-electron chi connectivity index (χ2n) is 5.82. The average Bonchev–Trinajstić information content (AvgIpc) is 3.11. The van der Waals surface area contributed by atoms with Crippen LogP contribution in [0.2, 0.25) is 0 Å². The normalized spacial score (nSPS) is 16.8. The van der Waals surface area contributed by atoms with Crippen molar-refractivity contribution in [3.05, 3.63) is 46.2 Å². The lowest BCUT2D eigenvalue weighted by Crippen LogP contribution is -2.32. The molecule has 6 nitrogen and oxygen atoms in total. The maximum Gasteiger partial charge on any atom is 0.272 e. The van der Waals surface area contributed by atoms with Gasteiger partial charge in [0.15, 0.2) is 0 Å². The van der Waals surface area contributed by atoms with Crippen molar-refractivity contribution < 1.29 is 9.53 Å². The van der Waals surface area contributed by atoms with Gasteiger partial charge in [-0.2, -0.15) is 5.10 Å². The quantitative estimate of drug-likeness (QED) is 0.767. The summed E-state index contributed by atoms with van der Waals surface area (Å²) in [5, 5.41) is 10.7. The van der Waals surface area contributed by atoms with E-state index in [0.29, 0.717) is 18.3 Å². The van der Waals surface area contributed by atoms with Crippen LogP contribution in [0.5, 0.6) is 5.75 Å². The van der Waals surface area contributed by atoms with Gasteiger partial charge in [-0.05, 0) is 43.7 Å². The fourth-order valence-corrected chi connectivity index (χ4v) is 3.28. The van der Waals surface area contributed by atoms with Crippen molar-refractivity contribution in [2.45, 2.75) is 25.4 Å². The predicted octanol–water partition coefficient (Wildman–Crippen LogP) is 2.93. The molecule has 0 spiro atoms. The first-order chi connectivity index (χ1) is 11.7. The number of rotatable bonds is 5. The smallest absolute Gasteiger partial charge is 0.272 e. The number of hydrogen-bond acceptors (Lipinski definition) is 4. The standard InChI is InChI=1S/C17H21BrN4O2.ClH/c1-24-16-5-4-13(18)9-12(16)10-20-17(23)15-6-8-22(21-15)14-3-2-7-19-11-14;/h4-6,8-9,14,19H,2-3,7,10-11H2,1H3,(H,20,23);1H. The van der Waals surface area contributed by atoms with Gasteiger partial charge in [-0.3, -0.25) is 9.48 Å². The second-order valence-corrected chi connectivity index (χ2v) is 6.74. The summed E-state index contributed by atoms with van der Waals surface area (Å²) >= 11 is 3.43. The molecule has 1 aliphatic heterocycles. The van der Waals surface area contributed by atoms with E-state index in [1.807, 2.05) is 29.1 Å². The Labute approximate surface area is 161 Å². The highest BCUT2D eigenvalue weighted by molar-refractivity contribution is 9.10. The Bertz CT molecular complexity index is 716. The molecule has 25 heavy (non-hydrogen) atoms. The molecule has 1 saturated heterocycles. The SMILES string of the molecule is COc1ccc(Br)cc1CNC(=O)c1ccn(C2CCCNC2)n1.Cl. The molecule has 0 saturated carbocycles. The van der Waals surface area contributed by atoms with E-state index in [1.54, 1.807) is 13.2 Å². The van der Waals surface area contributed by atoms with Gasteiger partial charge in [0.25, 0.3) is 5.91 Å². The van der Waals surface area contributed by atoms with Crippen LogP contribution in [-0.2, 0) is 6.54 Å². The van der Waals surface area contributed by atoms with E-state index < -0.39 is 0 Å². The zero-order valence-corrected chi connectivity index (χ0v) is 16.4. The maximum atomic E-state index is 12.3. The fraction of sp³-hybridized carbons (Fsp3) is 0.412. The van der Waals surface area contributed by atoms with Crippen molar-refractivity contribution in [2.24, 2.45) is 0 Å². The molecule has 0 bridgehead atoms. The second kappa shape index (κ2) is 9.22. The number of halogens is 2. The number of amides is 1. The summed E-state index contributed by atoms with van der Waals surface area (Å²) in [6, 6.07) is 7.80. The summed E-state index contributed by atoms with van der Waals surface area (Å²) in [4.78, 5) is 12.3. The van der Waals surface area contributed by atoms with Crippen LogP contribution in [0.25, 0.3) is 0 Å². The van der Waals surface area contributed by atoms with Crippen molar-refractivity contribution in [1.82, 2.24) is 20.4 Å². The first-order valence-electron chi connectivity index (χ1n) is 8.04. The molecule has 1 amide bonds. The number of aromatic nitrogens is 2. The molecule has 1 unspecified atom stereocenters. The molecule has 0 aliphatic carbocycles. The van der Waals surface area contributed by atoms with E-state index in [2.05, 4.69) is 31.7 Å². The molecule has 1 aromatic carbocycles. The summed E-state index contributed by atoms with van der Waals surface area (Å²) in [7, 11) is 1.62. The third-order valence-electron chi connectivity index (χ3n) is 4.17. The van der Waals surface area contributed by atoms with Crippen LogP contribution in [0.4, 0.5) is 0 Å². The number of nitrogens with one attached hydrogen (secondary N) is 2. The van der Waals surface area contributed by atoms with Gasteiger partial charge in [-0.15, -0.1) is 12.4 Å². The Hall–Kier alpha value is -1.57. The number of carbonyl (C=O) groups excluding carboxylic acids is 1. The molecule has 1 atom stereocenters. The summed E-state index contributed by atoms with van der Waals surface area (Å²) in [6.07, 6.45) is 4.10. The molecule has 1 fully saturated rings. The first kappa shape index (κ1) is 19.8. The fourth-order valence-electron chi connectivity index (χ4n) is 2.87. The Morgan fingerprint density at radius 1 is 1.48 bits per heavy atom. The van der Waals surface area contributed by atoms with E-state index in [4.69, 9.17) is 4.74 Å². The Morgan fingerprint density at radius 3 is 3.04 bits per heavy atom. The molecule has 1 aromatic heterocycles. The molecule has 0 radical (unpaired) electrons. The summed E-state index contributed by atoms with van der Waals surface area (Å²) in [6.45, 7) is 2.34. The molecule has 2 heterocycles. The Morgan fingerprint density at radius 2 is 2.32 bits per heavy atom. The number of piperidine rings is 1.